The van der Waals surface area contributed by atoms with Gasteiger partial charge in [0.25, 0.3) is 0 Å². The molecule has 2 aromatic carbocycles. The Kier molecular flexibility index (Phi) is 5.64. The number of sulfone groups is 1. The number of benzene rings is 2. The van der Waals surface area contributed by atoms with Crippen molar-refractivity contribution in [2.24, 2.45) is 10.2 Å². The molecule has 0 unspecified atom stereocenters. The van der Waals surface area contributed by atoms with Crippen LogP contribution in [0.4, 0.5) is 11.4 Å². The lowest BCUT2D eigenvalue weighted by Crippen LogP contribution is -2.14. The van der Waals surface area contributed by atoms with E-state index in [1.54, 1.807) is 24.3 Å². The van der Waals surface area contributed by atoms with E-state index < -0.39 is 9.84 Å². The van der Waals surface area contributed by atoms with E-state index in [2.05, 4.69) is 20.1 Å². The van der Waals surface area contributed by atoms with Crippen LogP contribution in [0.3, 0.4) is 0 Å². The lowest BCUT2D eigenvalue weighted by atomic mass is 10.3. The van der Waals surface area contributed by atoms with Gasteiger partial charge >= 0.3 is 0 Å². The van der Waals surface area contributed by atoms with Crippen LogP contribution in [0.5, 0.6) is 5.75 Å². The van der Waals surface area contributed by atoms with Gasteiger partial charge in [0.05, 0.1) is 10.6 Å². The van der Waals surface area contributed by atoms with E-state index in [1.807, 2.05) is 0 Å². The van der Waals surface area contributed by atoms with Gasteiger partial charge in [0.1, 0.15) is 12.4 Å². The molecule has 0 spiro atoms. The van der Waals surface area contributed by atoms with Crippen molar-refractivity contribution in [1.29, 1.82) is 0 Å². The highest BCUT2D eigenvalue weighted by atomic mass is 32.2. The molecule has 0 aliphatic heterocycles. The monoisotopic (exact) mass is 344 g/mol. The molecule has 9 nitrogen and oxygen atoms in total. The minimum absolute atomic E-state index is 0.0265. The minimum Gasteiger partial charge on any atom is -0.493 e. The quantitative estimate of drug-likeness (QED) is 0.416. The van der Waals surface area contributed by atoms with Gasteiger partial charge in [-0.25, -0.2) is 8.42 Å². The van der Waals surface area contributed by atoms with E-state index >= 15 is 0 Å². The molecule has 0 fully saturated rings. The first-order valence-corrected chi connectivity index (χ1v) is 8.36. The SMILES string of the molecule is [N-]=[N+]=Nc1ccc(OCCS(=O)(=O)c2ccc(N=[N+]=[N-])cc2)cc1. The molecule has 0 saturated carbocycles. The number of nitrogens with zero attached hydrogens (tertiary/aromatic N) is 6. The number of rotatable bonds is 7. The molecular formula is C14H12N6O3S. The lowest BCUT2D eigenvalue weighted by molar-refractivity contribution is 0.341. The predicted octanol–water partition coefficient (Wildman–Crippen LogP) is 4.42. The van der Waals surface area contributed by atoms with Crippen LogP contribution in [0.1, 0.15) is 0 Å². The van der Waals surface area contributed by atoms with E-state index in [0.29, 0.717) is 17.1 Å². The second kappa shape index (κ2) is 7.89. The highest BCUT2D eigenvalue weighted by Gasteiger charge is 2.14. The number of hydrogen-bond acceptors (Lipinski definition) is 5. The third-order valence-electron chi connectivity index (χ3n) is 2.97. The van der Waals surface area contributed by atoms with Crippen LogP contribution < -0.4 is 4.74 Å². The Morgan fingerprint density at radius 2 is 1.38 bits per heavy atom. The van der Waals surface area contributed by atoms with Crippen molar-refractivity contribution >= 4 is 21.2 Å². The molecule has 0 aliphatic rings. The summed E-state index contributed by atoms with van der Waals surface area (Å²) in [6.07, 6.45) is 0. The second-order valence-electron chi connectivity index (χ2n) is 4.53. The molecule has 0 aliphatic carbocycles. The van der Waals surface area contributed by atoms with Crippen molar-refractivity contribution in [2.75, 3.05) is 12.4 Å². The third kappa shape index (κ3) is 4.65. The Labute approximate surface area is 137 Å². The fourth-order valence-corrected chi connectivity index (χ4v) is 2.91. The van der Waals surface area contributed by atoms with E-state index in [-0.39, 0.29) is 17.3 Å². The summed E-state index contributed by atoms with van der Waals surface area (Å²) >= 11 is 0. The molecule has 2 aromatic rings. The Bertz CT molecular complexity index is 897. The van der Waals surface area contributed by atoms with Gasteiger partial charge in [-0.2, -0.15) is 0 Å². The number of ether oxygens (including phenoxy) is 1. The van der Waals surface area contributed by atoms with Crippen LogP contribution in [0.25, 0.3) is 20.9 Å². The molecular weight excluding hydrogens is 332 g/mol. The molecule has 0 bridgehead atoms. The third-order valence-corrected chi connectivity index (χ3v) is 4.67. The van der Waals surface area contributed by atoms with Gasteiger partial charge in [0.2, 0.25) is 0 Å². The van der Waals surface area contributed by atoms with Gasteiger partial charge in [0, 0.05) is 21.2 Å². The van der Waals surface area contributed by atoms with Gasteiger partial charge in [-0.15, -0.1) is 0 Å². The first kappa shape index (κ1) is 17.2. The zero-order chi connectivity index (χ0) is 17.4. The van der Waals surface area contributed by atoms with Gasteiger partial charge < -0.3 is 4.74 Å². The Morgan fingerprint density at radius 1 is 0.875 bits per heavy atom. The second-order valence-corrected chi connectivity index (χ2v) is 6.64. The summed E-state index contributed by atoms with van der Waals surface area (Å²) in [7, 11) is -3.51. The zero-order valence-electron chi connectivity index (χ0n) is 12.3. The van der Waals surface area contributed by atoms with Crippen LogP contribution in [-0.2, 0) is 9.84 Å². The normalized spacial score (nSPS) is 10.3. The minimum atomic E-state index is -3.51. The maximum atomic E-state index is 12.2. The van der Waals surface area contributed by atoms with Crippen molar-refractivity contribution in [3.63, 3.8) is 0 Å². The van der Waals surface area contributed by atoms with Gasteiger partial charge in [0.15, 0.2) is 9.84 Å². The Morgan fingerprint density at radius 3 is 1.88 bits per heavy atom. The molecule has 10 heteroatoms. The maximum absolute atomic E-state index is 12.2. The van der Waals surface area contributed by atoms with Crippen LogP contribution in [0.2, 0.25) is 0 Å². The summed E-state index contributed by atoms with van der Waals surface area (Å²) in [4.78, 5) is 5.41. The van der Waals surface area contributed by atoms with E-state index in [9.17, 15) is 8.42 Å². The fraction of sp³-hybridized carbons (Fsp3) is 0.143. The van der Waals surface area contributed by atoms with E-state index in [1.165, 1.54) is 24.3 Å². The van der Waals surface area contributed by atoms with Gasteiger partial charge in [-0.1, -0.05) is 22.4 Å². The zero-order valence-corrected chi connectivity index (χ0v) is 13.2. The molecule has 2 rings (SSSR count). The summed E-state index contributed by atoms with van der Waals surface area (Å²) in [5, 5.41) is 6.81. The van der Waals surface area contributed by atoms with Crippen LogP contribution in [-0.4, -0.2) is 20.8 Å². The number of azide groups is 2. The lowest BCUT2D eigenvalue weighted by Gasteiger charge is -2.07. The van der Waals surface area contributed by atoms with Crippen molar-refractivity contribution in [3.05, 3.63) is 69.4 Å². The van der Waals surface area contributed by atoms with Crippen molar-refractivity contribution in [3.8, 4) is 5.75 Å². The Balaban J connectivity index is 1.97. The summed E-state index contributed by atoms with van der Waals surface area (Å²) in [6.45, 7) is -0.0265. The molecule has 0 N–H and O–H groups in total. The van der Waals surface area contributed by atoms with Crippen molar-refractivity contribution in [2.45, 2.75) is 4.90 Å². The summed E-state index contributed by atoms with van der Waals surface area (Å²) in [6, 6.07) is 11.9. The molecule has 0 aromatic heterocycles. The van der Waals surface area contributed by atoms with Gasteiger partial charge in [-0.3, -0.25) is 0 Å². The maximum Gasteiger partial charge on any atom is 0.181 e. The predicted molar refractivity (Wildman–Crippen MR) is 88.0 cm³/mol. The molecule has 0 heterocycles. The molecule has 0 radical (unpaired) electrons. The number of hydrogen-bond donors (Lipinski definition) is 0. The van der Waals surface area contributed by atoms with E-state index in [4.69, 9.17) is 15.8 Å². The fourth-order valence-electron chi connectivity index (χ4n) is 1.82. The van der Waals surface area contributed by atoms with Crippen molar-refractivity contribution < 1.29 is 13.2 Å². The van der Waals surface area contributed by atoms with Crippen LogP contribution in [0.15, 0.2) is 63.7 Å². The Hall–Kier alpha value is -3.19. The molecule has 24 heavy (non-hydrogen) atoms. The van der Waals surface area contributed by atoms with Gasteiger partial charge in [-0.05, 0) is 47.5 Å². The molecule has 0 atom stereocenters. The average molecular weight is 344 g/mol. The first-order valence-electron chi connectivity index (χ1n) is 6.71. The van der Waals surface area contributed by atoms with E-state index in [0.717, 1.165) is 0 Å². The topological polar surface area (TPSA) is 141 Å². The average Bonchev–Trinajstić information content (AvgIpc) is 2.57. The summed E-state index contributed by atoms with van der Waals surface area (Å²) in [5.41, 5.74) is 17.4. The largest absolute Gasteiger partial charge is 0.493 e. The van der Waals surface area contributed by atoms with Crippen LogP contribution >= 0.6 is 0 Å². The van der Waals surface area contributed by atoms with Crippen molar-refractivity contribution in [1.82, 2.24) is 0 Å². The summed E-state index contributed by atoms with van der Waals surface area (Å²) in [5.74, 6) is 0.271. The molecule has 0 saturated heterocycles. The standard InChI is InChI=1S/C14H12N6O3S/c15-19-17-11-1-5-13(6-2-11)23-9-10-24(21,22)14-7-3-12(4-8-14)18-20-16/h1-8H,9-10H2. The molecule has 122 valence electrons. The smallest absolute Gasteiger partial charge is 0.181 e. The first-order chi connectivity index (χ1) is 11.5. The molecule has 0 amide bonds. The highest BCUT2D eigenvalue weighted by molar-refractivity contribution is 7.91. The highest BCUT2D eigenvalue weighted by Crippen LogP contribution is 2.20. The summed E-state index contributed by atoms with van der Waals surface area (Å²) < 4.78 is 29.8. The van der Waals surface area contributed by atoms with Crippen LogP contribution in [0, 0.1) is 0 Å².